The van der Waals surface area contributed by atoms with Gasteiger partial charge in [-0.25, -0.2) is 4.79 Å². The molecule has 166 valence electrons. The largest absolute Gasteiger partial charge is 0.450 e. The number of ether oxygens (including phenoxy) is 1. The van der Waals surface area contributed by atoms with Gasteiger partial charge in [-0.15, -0.1) is 0 Å². The first-order valence-corrected chi connectivity index (χ1v) is 10.4. The molecular formula is C24H31N3O4. The van der Waals surface area contributed by atoms with Gasteiger partial charge in [-0.2, -0.15) is 0 Å². The average molecular weight is 426 g/mol. The summed E-state index contributed by atoms with van der Waals surface area (Å²) in [6.07, 6.45) is -0.834. The summed E-state index contributed by atoms with van der Waals surface area (Å²) < 4.78 is 5.03. The van der Waals surface area contributed by atoms with E-state index in [1.165, 1.54) is 11.9 Å². The Hall–Kier alpha value is -3.35. The van der Waals surface area contributed by atoms with Gasteiger partial charge in [0.2, 0.25) is 11.8 Å². The molecule has 0 aliphatic heterocycles. The van der Waals surface area contributed by atoms with Crippen LogP contribution in [0.1, 0.15) is 50.4 Å². The lowest BCUT2D eigenvalue weighted by atomic mass is 10.1. The number of hydrogen-bond acceptors (Lipinski definition) is 4. The third-order valence-corrected chi connectivity index (χ3v) is 5.04. The zero-order valence-corrected chi connectivity index (χ0v) is 18.5. The molecule has 0 saturated heterocycles. The van der Waals surface area contributed by atoms with Gasteiger partial charge in [-0.05, 0) is 31.9 Å². The van der Waals surface area contributed by atoms with Gasteiger partial charge >= 0.3 is 6.09 Å². The Morgan fingerprint density at radius 2 is 1.35 bits per heavy atom. The average Bonchev–Trinajstić information content (AvgIpc) is 2.78. The smallest absolute Gasteiger partial charge is 0.410 e. The van der Waals surface area contributed by atoms with E-state index in [2.05, 4.69) is 10.6 Å². The zero-order valence-electron chi connectivity index (χ0n) is 18.5. The minimum Gasteiger partial charge on any atom is -0.450 e. The Morgan fingerprint density at radius 1 is 0.871 bits per heavy atom. The maximum Gasteiger partial charge on any atom is 0.410 e. The van der Waals surface area contributed by atoms with Gasteiger partial charge in [0.05, 0.1) is 25.1 Å². The minimum absolute atomic E-state index is 0.176. The first-order chi connectivity index (χ1) is 14.8. The molecule has 0 aliphatic carbocycles. The summed E-state index contributed by atoms with van der Waals surface area (Å²) in [4.78, 5) is 39.2. The summed E-state index contributed by atoms with van der Waals surface area (Å²) in [7, 11) is 1.46. The summed E-state index contributed by atoms with van der Waals surface area (Å²) in [5.41, 5.74) is 1.88. The van der Waals surface area contributed by atoms with Gasteiger partial charge in [0.1, 0.15) is 6.04 Å². The van der Waals surface area contributed by atoms with Crippen molar-refractivity contribution in [3.05, 3.63) is 71.8 Å². The van der Waals surface area contributed by atoms with Gasteiger partial charge in [-0.1, -0.05) is 60.7 Å². The van der Waals surface area contributed by atoms with Gasteiger partial charge in [0.25, 0.3) is 0 Å². The van der Waals surface area contributed by atoms with E-state index in [4.69, 9.17) is 4.74 Å². The van der Waals surface area contributed by atoms with E-state index < -0.39 is 18.0 Å². The normalized spacial score (nSPS) is 13.4. The fourth-order valence-electron chi connectivity index (χ4n) is 3.19. The first-order valence-electron chi connectivity index (χ1n) is 10.4. The van der Waals surface area contributed by atoms with Crippen molar-refractivity contribution in [1.29, 1.82) is 0 Å². The molecule has 3 amide bonds. The SMILES string of the molecule is CCOC(=O)N(C)[C@H](CC(=O)N[C@@H](C)c1ccccc1)C(=O)N[C@@H](C)c1ccccc1. The van der Waals surface area contributed by atoms with Crippen LogP contribution in [0.15, 0.2) is 60.7 Å². The molecule has 2 rings (SSSR count). The molecule has 0 heterocycles. The topological polar surface area (TPSA) is 87.7 Å². The van der Waals surface area contributed by atoms with Crippen LogP contribution in [0.2, 0.25) is 0 Å². The molecule has 0 unspecified atom stereocenters. The highest BCUT2D eigenvalue weighted by atomic mass is 16.6. The molecule has 0 aromatic heterocycles. The highest BCUT2D eigenvalue weighted by molar-refractivity contribution is 5.91. The molecule has 0 bridgehead atoms. The quantitative estimate of drug-likeness (QED) is 0.643. The summed E-state index contributed by atoms with van der Waals surface area (Å²) >= 11 is 0. The van der Waals surface area contributed by atoms with Crippen molar-refractivity contribution in [3.8, 4) is 0 Å². The molecule has 0 aliphatic rings. The molecule has 0 fully saturated rings. The van der Waals surface area contributed by atoms with Gasteiger partial charge in [0, 0.05) is 7.05 Å². The number of carbonyl (C=O) groups is 3. The van der Waals surface area contributed by atoms with E-state index in [0.717, 1.165) is 11.1 Å². The summed E-state index contributed by atoms with van der Waals surface area (Å²) in [5, 5.41) is 5.79. The van der Waals surface area contributed by atoms with Crippen LogP contribution in [0.25, 0.3) is 0 Å². The van der Waals surface area contributed by atoms with Crippen LogP contribution in [0, 0.1) is 0 Å². The molecule has 7 heteroatoms. The van der Waals surface area contributed by atoms with E-state index in [-0.39, 0.29) is 31.0 Å². The predicted molar refractivity (Wildman–Crippen MR) is 119 cm³/mol. The summed E-state index contributed by atoms with van der Waals surface area (Å²) in [5.74, 6) is -0.755. The number of hydrogen-bond donors (Lipinski definition) is 2. The first kappa shape index (κ1) is 23.9. The van der Waals surface area contributed by atoms with Crippen molar-refractivity contribution in [3.63, 3.8) is 0 Å². The van der Waals surface area contributed by atoms with E-state index in [1.54, 1.807) is 6.92 Å². The second-order valence-corrected chi connectivity index (χ2v) is 7.37. The van der Waals surface area contributed by atoms with Crippen LogP contribution >= 0.6 is 0 Å². The van der Waals surface area contributed by atoms with Crippen LogP contribution < -0.4 is 10.6 Å². The molecule has 0 spiro atoms. The van der Waals surface area contributed by atoms with Crippen LogP contribution in [0.4, 0.5) is 4.79 Å². The number of amides is 3. The second kappa shape index (κ2) is 11.7. The monoisotopic (exact) mass is 425 g/mol. The van der Waals surface area contributed by atoms with Gasteiger partial charge < -0.3 is 15.4 Å². The Kier molecular flexibility index (Phi) is 9.06. The minimum atomic E-state index is -1.01. The van der Waals surface area contributed by atoms with Crippen molar-refractivity contribution in [2.75, 3.05) is 13.7 Å². The van der Waals surface area contributed by atoms with E-state index in [1.807, 2.05) is 74.5 Å². The Balaban J connectivity index is 2.10. The number of rotatable bonds is 9. The van der Waals surface area contributed by atoms with Crippen LogP contribution in [0.3, 0.4) is 0 Å². The summed E-state index contributed by atoms with van der Waals surface area (Å²) in [6, 6.07) is 17.5. The highest BCUT2D eigenvalue weighted by Gasteiger charge is 2.31. The Labute approximate surface area is 183 Å². The molecule has 31 heavy (non-hydrogen) atoms. The van der Waals surface area contributed by atoms with Gasteiger partial charge in [-0.3, -0.25) is 14.5 Å². The van der Waals surface area contributed by atoms with E-state index in [9.17, 15) is 14.4 Å². The third-order valence-electron chi connectivity index (χ3n) is 5.04. The third kappa shape index (κ3) is 7.13. The fourth-order valence-corrected chi connectivity index (χ4v) is 3.19. The van der Waals surface area contributed by atoms with Crippen LogP contribution in [-0.2, 0) is 14.3 Å². The van der Waals surface area contributed by atoms with Crippen molar-refractivity contribution in [2.45, 2.75) is 45.3 Å². The molecule has 2 N–H and O–H groups in total. The number of benzene rings is 2. The predicted octanol–water partition coefficient (Wildman–Crippen LogP) is 3.59. The van der Waals surface area contributed by atoms with Crippen LogP contribution in [-0.4, -0.2) is 42.5 Å². The van der Waals surface area contributed by atoms with Crippen molar-refractivity contribution in [2.24, 2.45) is 0 Å². The number of nitrogens with one attached hydrogen (secondary N) is 2. The summed E-state index contributed by atoms with van der Waals surface area (Å²) in [6.45, 7) is 5.59. The molecule has 7 nitrogen and oxygen atoms in total. The molecule has 3 atom stereocenters. The van der Waals surface area contributed by atoms with Gasteiger partial charge in [0.15, 0.2) is 0 Å². The lowest BCUT2D eigenvalue weighted by Crippen LogP contribution is -2.50. The second-order valence-electron chi connectivity index (χ2n) is 7.37. The van der Waals surface area contributed by atoms with E-state index in [0.29, 0.717) is 0 Å². The molecule has 2 aromatic carbocycles. The lowest BCUT2D eigenvalue weighted by Gasteiger charge is -2.28. The maximum atomic E-state index is 13.0. The Morgan fingerprint density at radius 3 is 1.84 bits per heavy atom. The Bertz CT molecular complexity index is 858. The zero-order chi connectivity index (χ0) is 22.8. The number of nitrogens with zero attached hydrogens (tertiary/aromatic N) is 1. The fraction of sp³-hybridized carbons (Fsp3) is 0.375. The molecule has 2 aromatic rings. The number of likely N-dealkylation sites (N-methyl/N-ethyl adjacent to an activating group) is 1. The van der Waals surface area contributed by atoms with E-state index >= 15 is 0 Å². The molecular weight excluding hydrogens is 394 g/mol. The number of carbonyl (C=O) groups excluding carboxylic acids is 3. The van der Waals surface area contributed by atoms with Crippen LogP contribution in [0.5, 0.6) is 0 Å². The van der Waals surface area contributed by atoms with Crippen molar-refractivity contribution < 1.29 is 19.1 Å². The maximum absolute atomic E-state index is 13.0. The van der Waals surface area contributed by atoms with Crippen molar-refractivity contribution >= 4 is 17.9 Å². The molecule has 0 radical (unpaired) electrons. The molecule has 0 saturated carbocycles. The van der Waals surface area contributed by atoms with Crippen molar-refractivity contribution in [1.82, 2.24) is 15.5 Å². The standard InChI is InChI=1S/C24H31N3O4/c1-5-31-24(30)27(4)21(23(29)26-18(3)20-14-10-7-11-15-20)16-22(28)25-17(2)19-12-8-6-9-13-19/h6-15,17-18,21H,5,16H2,1-4H3,(H,25,28)(H,26,29)/t17-,18-,21+/m0/s1. The highest BCUT2D eigenvalue weighted by Crippen LogP contribution is 2.15. The lowest BCUT2D eigenvalue weighted by molar-refractivity contribution is -0.131.